The van der Waals surface area contributed by atoms with Gasteiger partial charge >= 0.3 is 5.97 Å². The van der Waals surface area contributed by atoms with Crippen LogP contribution < -0.4 is 5.43 Å². The van der Waals surface area contributed by atoms with Crippen molar-refractivity contribution in [3.8, 4) is 0 Å². The molecule has 16 heteroatoms. The largest absolute Gasteiger partial charge is 0.459 e. The number of hydrogen-bond donors (Lipinski definition) is 6. The first-order chi connectivity index (χ1) is 28.4. The summed E-state index contributed by atoms with van der Waals surface area (Å²) in [7, 11) is 5.26. The molecule has 0 aliphatic carbocycles. The second kappa shape index (κ2) is 21.4. The summed E-state index contributed by atoms with van der Waals surface area (Å²) in [5.41, 5.74) is -0.0789. The summed E-state index contributed by atoms with van der Waals surface area (Å²) in [6.07, 6.45) is -7.13. The number of esters is 1. The second-order valence-corrected chi connectivity index (χ2v) is 19.7. The smallest absolute Gasteiger partial charge is 0.311 e. The molecule has 0 saturated carbocycles. The van der Waals surface area contributed by atoms with Gasteiger partial charge in [0, 0.05) is 42.0 Å². The number of cyclic esters (lactones) is 1. The Morgan fingerprint density at radius 3 is 2.15 bits per heavy atom. The minimum Gasteiger partial charge on any atom is -0.459 e. The molecule has 3 aliphatic rings. The lowest BCUT2D eigenvalue weighted by Gasteiger charge is -2.49. The van der Waals surface area contributed by atoms with Gasteiger partial charge in [-0.2, -0.15) is 5.10 Å². The van der Waals surface area contributed by atoms with Gasteiger partial charge in [0.1, 0.15) is 23.9 Å². The highest BCUT2D eigenvalue weighted by molar-refractivity contribution is 7.98. The third kappa shape index (κ3) is 12.1. The van der Waals surface area contributed by atoms with E-state index in [4.69, 9.17) is 33.5 Å². The molecular formula is C45H77N3O12S. The number of hydrogen-bond acceptors (Lipinski definition) is 16. The zero-order valence-electron chi connectivity index (χ0n) is 38.9. The van der Waals surface area contributed by atoms with Crippen LogP contribution >= 0.6 is 11.8 Å². The average Bonchev–Trinajstić information content (AvgIpc) is 3.20. The maximum atomic E-state index is 14.4. The first-order valence-electron chi connectivity index (χ1n) is 21.9. The number of carbonyl (C=O) groups excluding carboxylic acids is 1. The Hall–Kier alpha value is -1.93. The molecule has 3 heterocycles. The van der Waals surface area contributed by atoms with Crippen molar-refractivity contribution in [1.82, 2.24) is 10.3 Å². The van der Waals surface area contributed by atoms with Crippen molar-refractivity contribution in [2.45, 2.75) is 191 Å². The third-order valence-electron chi connectivity index (χ3n) is 13.5. The van der Waals surface area contributed by atoms with Gasteiger partial charge < -0.3 is 64.3 Å². The summed E-state index contributed by atoms with van der Waals surface area (Å²) in [6.45, 7) is 17.7. The van der Waals surface area contributed by atoms with Gasteiger partial charge in [0.15, 0.2) is 12.6 Å². The van der Waals surface area contributed by atoms with Crippen molar-refractivity contribution in [1.29, 1.82) is 0 Å². The van der Waals surface area contributed by atoms with Crippen LogP contribution in [0.4, 0.5) is 0 Å². The third-order valence-corrected chi connectivity index (χ3v) is 14.3. The predicted octanol–water partition coefficient (Wildman–Crippen LogP) is 4.08. The lowest BCUT2D eigenvalue weighted by Crippen LogP contribution is -2.61. The first kappa shape index (κ1) is 51.7. The van der Waals surface area contributed by atoms with E-state index in [1.165, 1.54) is 14.0 Å². The van der Waals surface area contributed by atoms with Crippen molar-refractivity contribution in [3.63, 3.8) is 0 Å². The lowest BCUT2D eigenvalue weighted by atomic mass is 9.73. The monoisotopic (exact) mass is 884 g/mol. The number of nitrogens with zero attached hydrogens (tertiary/aromatic N) is 2. The highest BCUT2D eigenvalue weighted by Crippen LogP contribution is 2.41. The molecule has 1 aromatic rings. The van der Waals surface area contributed by atoms with E-state index < -0.39 is 102 Å². The Labute approximate surface area is 368 Å². The lowest BCUT2D eigenvalue weighted by molar-refractivity contribution is -0.317. The maximum Gasteiger partial charge on any atom is 0.311 e. The van der Waals surface area contributed by atoms with Crippen LogP contribution in [0.2, 0.25) is 0 Å². The highest BCUT2D eigenvalue weighted by Gasteiger charge is 2.53. The molecular weight excluding hydrogens is 807 g/mol. The fraction of sp³-hybridized carbons (Fsp3) is 0.822. The molecule has 0 aromatic heterocycles. The summed E-state index contributed by atoms with van der Waals surface area (Å²) < 4.78 is 37.9. The number of rotatable bonds is 11. The fourth-order valence-corrected chi connectivity index (χ4v) is 10.0. The zero-order valence-corrected chi connectivity index (χ0v) is 39.7. The molecule has 6 N–H and O–H groups in total. The van der Waals surface area contributed by atoms with Crippen LogP contribution in [-0.4, -0.2) is 154 Å². The van der Waals surface area contributed by atoms with E-state index in [1.54, 1.807) is 53.3 Å². The Kier molecular flexibility index (Phi) is 18.1. The molecule has 350 valence electrons. The van der Waals surface area contributed by atoms with Crippen LogP contribution in [0.25, 0.3) is 0 Å². The summed E-state index contributed by atoms with van der Waals surface area (Å²) in [5.74, 6) is -3.89. The maximum absolute atomic E-state index is 14.4. The number of ether oxygens (including phenoxy) is 6. The molecule has 1 aromatic carbocycles. The molecule has 3 aliphatic heterocycles. The number of carbonyl (C=O) groups is 1. The van der Waals surface area contributed by atoms with E-state index in [1.807, 2.05) is 70.3 Å². The van der Waals surface area contributed by atoms with E-state index in [0.717, 1.165) is 10.5 Å². The van der Waals surface area contributed by atoms with E-state index in [0.29, 0.717) is 18.7 Å². The minimum absolute atomic E-state index is 0.0350. The van der Waals surface area contributed by atoms with Crippen LogP contribution in [0.5, 0.6) is 0 Å². The Morgan fingerprint density at radius 2 is 1.57 bits per heavy atom. The van der Waals surface area contributed by atoms with Gasteiger partial charge in [-0.15, -0.1) is 11.8 Å². The number of hydrazone groups is 1. The minimum atomic E-state index is -1.93. The normalized spacial score (nSPS) is 44.1. The number of nitrogens with one attached hydrogen (secondary N) is 1. The number of thioether (sulfide) groups is 1. The Morgan fingerprint density at radius 1 is 0.934 bits per heavy atom. The topological polar surface area (TPSA) is 201 Å². The van der Waals surface area contributed by atoms with E-state index in [-0.39, 0.29) is 31.4 Å². The summed E-state index contributed by atoms with van der Waals surface area (Å²) >= 11 is 1.65. The SMILES string of the molecule is CC[C@H]1OC(=O)[C@H](C)[C@@H](OC2C[C@@](C)(OC)[C@@H](O)[C@H](C)O2)[C@H](C)[C@@H](O[C@@H]2O[C@H](C)C[C@H](N(C)C)[C@H]2O)[C@](C)(O)C[C@@H](C)/C(=N\NCc2ccc(SC)cc2)[C@H](C)[C@@H](O)[C@]1(C)O. The van der Waals surface area contributed by atoms with Crippen molar-refractivity contribution >= 4 is 23.4 Å². The second-order valence-electron chi connectivity index (χ2n) is 18.8. The predicted molar refractivity (Wildman–Crippen MR) is 234 cm³/mol. The summed E-state index contributed by atoms with van der Waals surface area (Å²) in [6, 6.07) is 7.76. The van der Waals surface area contributed by atoms with Gasteiger partial charge in [0.2, 0.25) is 0 Å². The summed E-state index contributed by atoms with van der Waals surface area (Å²) in [5, 5.41) is 64.6. The fourth-order valence-electron chi connectivity index (χ4n) is 9.60. The van der Waals surface area contributed by atoms with Gasteiger partial charge in [-0.05, 0) is 105 Å². The first-order valence-corrected chi connectivity index (χ1v) is 23.1. The van der Waals surface area contributed by atoms with Crippen LogP contribution in [0.15, 0.2) is 34.3 Å². The van der Waals surface area contributed by atoms with Crippen LogP contribution in [0, 0.1) is 23.7 Å². The van der Waals surface area contributed by atoms with E-state index in [9.17, 15) is 30.3 Å². The molecule has 61 heavy (non-hydrogen) atoms. The molecule has 4 rings (SSSR count). The molecule has 3 saturated heterocycles. The molecule has 0 radical (unpaired) electrons. The van der Waals surface area contributed by atoms with Crippen molar-refractivity contribution < 1.29 is 58.7 Å². The molecule has 0 spiro atoms. The van der Waals surface area contributed by atoms with E-state index >= 15 is 0 Å². The van der Waals surface area contributed by atoms with Crippen LogP contribution in [-0.2, 0) is 39.8 Å². The Bertz CT molecular complexity index is 1580. The number of aliphatic hydroxyl groups is 5. The molecule has 3 fully saturated rings. The van der Waals surface area contributed by atoms with Gasteiger partial charge in [0.25, 0.3) is 0 Å². The number of methoxy groups -OCH3 is 1. The molecule has 0 amide bonds. The van der Waals surface area contributed by atoms with Gasteiger partial charge in [-0.3, -0.25) is 4.79 Å². The number of aliphatic hydroxyl groups excluding tert-OH is 3. The Balaban J connectivity index is 1.86. The summed E-state index contributed by atoms with van der Waals surface area (Å²) in [4.78, 5) is 17.5. The van der Waals surface area contributed by atoms with Gasteiger partial charge in [0.05, 0.1) is 54.2 Å². The van der Waals surface area contributed by atoms with Crippen LogP contribution in [0.1, 0.15) is 100 Å². The van der Waals surface area contributed by atoms with Gasteiger partial charge in [-0.1, -0.05) is 39.8 Å². The average molecular weight is 884 g/mol. The standard InChI is InChI=1S/C45H77N3O12S/c1-15-33-45(10,54)38(50)26(4)35(47-46-23-30-16-18-31(61-14)19-17-30)24(2)21-43(8,53)40(60-42-36(49)32(48(11)12)20-25(3)56-42)27(5)37(28(6)41(52)58-33)59-34-22-44(9,55-13)39(51)29(7)57-34/h16-19,24-29,32-34,36-40,42,46,49-51,53-54H,15,20-23H2,1-14H3/b47-35+/t24-,25-,26+,27+,28-,29+,32+,33-,34?,36-,37+,38-,39+,40-,42+,43-,44-,45-/m1/s1. The van der Waals surface area contributed by atoms with Crippen molar-refractivity contribution in [2.75, 3.05) is 27.5 Å². The van der Waals surface area contributed by atoms with Gasteiger partial charge in [-0.25, -0.2) is 0 Å². The van der Waals surface area contributed by atoms with Crippen molar-refractivity contribution in [3.05, 3.63) is 29.8 Å². The number of benzene rings is 1. The zero-order chi connectivity index (χ0) is 45.8. The highest BCUT2D eigenvalue weighted by atomic mass is 32.2. The number of likely N-dealkylation sites (N-methyl/N-ethyl adjacent to an activating group) is 1. The van der Waals surface area contributed by atoms with Crippen LogP contribution in [0.3, 0.4) is 0 Å². The molecule has 15 nitrogen and oxygen atoms in total. The molecule has 18 atom stereocenters. The quantitative estimate of drug-likeness (QED) is 0.105. The molecule has 1 unspecified atom stereocenters. The van der Waals surface area contributed by atoms with E-state index in [2.05, 4.69) is 5.43 Å². The van der Waals surface area contributed by atoms with Crippen molar-refractivity contribution in [2.24, 2.45) is 28.8 Å². The molecule has 0 bridgehead atoms.